The Morgan fingerprint density at radius 1 is 1.33 bits per heavy atom. The summed E-state index contributed by atoms with van der Waals surface area (Å²) in [5.41, 5.74) is 6.61. The molecule has 0 amide bonds. The molecule has 1 aromatic carbocycles. The summed E-state index contributed by atoms with van der Waals surface area (Å²) in [5, 5.41) is 0. The lowest BCUT2D eigenvalue weighted by atomic mass is 10.2. The summed E-state index contributed by atoms with van der Waals surface area (Å²) in [4.78, 5) is 4.08. The minimum absolute atomic E-state index is 0.0887. The molecule has 0 saturated carbocycles. The molecule has 2 rings (SSSR count). The van der Waals surface area contributed by atoms with Crippen LogP contribution in [0.15, 0.2) is 41.0 Å². The van der Waals surface area contributed by atoms with E-state index in [2.05, 4.69) is 20.9 Å². The SMILES string of the molecule is C[C@H](N)c1ccc(Oc2cc(Br)ccc2F)nc1. The highest BCUT2D eigenvalue weighted by atomic mass is 79.9. The summed E-state index contributed by atoms with van der Waals surface area (Å²) in [6.07, 6.45) is 1.62. The van der Waals surface area contributed by atoms with E-state index in [4.69, 9.17) is 10.5 Å². The number of benzene rings is 1. The van der Waals surface area contributed by atoms with Crippen LogP contribution < -0.4 is 10.5 Å². The molecule has 0 saturated heterocycles. The lowest BCUT2D eigenvalue weighted by Gasteiger charge is -2.08. The van der Waals surface area contributed by atoms with Gasteiger partial charge in [-0.25, -0.2) is 9.37 Å². The van der Waals surface area contributed by atoms with Crippen molar-refractivity contribution in [1.29, 1.82) is 0 Å². The lowest BCUT2D eigenvalue weighted by molar-refractivity contribution is 0.426. The molecule has 3 nitrogen and oxygen atoms in total. The lowest BCUT2D eigenvalue weighted by Crippen LogP contribution is -2.05. The van der Waals surface area contributed by atoms with Crippen LogP contribution in [-0.2, 0) is 0 Å². The van der Waals surface area contributed by atoms with E-state index in [1.54, 1.807) is 24.4 Å². The van der Waals surface area contributed by atoms with Crippen molar-refractivity contribution in [3.05, 3.63) is 52.4 Å². The number of aromatic nitrogens is 1. The van der Waals surface area contributed by atoms with Crippen LogP contribution >= 0.6 is 15.9 Å². The van der Waals surface area contributed by atoms with E-state index in [-0.39, 0.29) is 11.8 Å². The normalized spacial score (nSPS) is 12.2. The topological polar surface area (TPSA) is 48.1 Å². The van der Waals surface area contributed by atoms with Gasteiger partial charge in [0.05, 0.1) is 0 Å². The molecule has 2 N–H and O–H groups in total. The van der Waals surface area contributed by atoms with Crippen molar-refractivity contribution in [2.24, 2.45) is 5.73 Å². The number of rotatable bonds is 3. The number of nitrogens with two attached hydrogens (primary N) is 1. The third-order valence-corrected chi connectivity index (χ3v) is 2.89. The van der Waals surface area contributed by atoms with Crippen molar-refractivity contribution in [1.82, 2.24) is 4.98 Å². The van der Waals surface area contributed by atoms with E-state index < -0.39 is 5.82 Å². The largest absolute Gasteiger partial charge is 0.436 e. The molecular weight excluding hydrogens is 299 g/mol. The number of halogens is 2. The summed E-state index contributed by atoms with van der Waals surface area (Å²) in [6, 6.07) is 7.87. The molecule has 18 heavy (non-hydrogen) atoms. The van der Waals surface area contributed by atoms with E-state index in [9.17, 15) is 4.39 Å². The maximum atomic E-state index is 13.5. The van der Waals surface area contributed by atoms with E-state index in [1.165, 1.54) is 6.07 Å². The van der Waals surface area contributed by atoms with Gasteiger partial charge in [0, 0.05) is 22.8 Å². The zero-order valence-corrected chi connectivity index (χ0v) is 11.3. The Bertz CT molecular complexity index is 543. The van der Waals surface area contributed by atoms with Gasteiger partial charge in [0.1, 0.15) is 0 Å². The van der Waals surface area contributed by atoms with Gasteiger partial charge in [-0.15, -0.1) is 0 Å². The molecule has 0 aliphatic heterocycles. The summed E-state index contributed by atoms with van der Waals surface area (Å²) in [6.45, 7) is 1.87. The monoisotopic (exact) mass is 310 g/mol. The van der Waals surface area contributed by atoms with Crippen LogP contribution in [0, 0.1) is 5.82 Å². The Morgan fingerprint density at radius 2 is 2.11 bits per heavy atom. The second-order valence-corrected chi connectivity index (χ2v) is 4.81. The second kappa shape index (κ2) is 5.46. The highest BCUT2D eigenvalue weighted by Crippen LogP contribution is 2.26. The third kappa shape index (κ3) is 3.05. The summed E-state index contributed by atoms with van der Waals surface area (Å²) < 4.78 is 19.6. The van der Waals surface area contributed by atoms with Crippen molar-refractivity contribution in [2.75, 3.05) is 0 Å². The molecule has 0 aliphatic rings. The molecule has 1 aromatic heterocycles. The smallest absolute Gasteiger partial charge is 0.219 e. The van der Waals surface area contributed by atoms with Gasteiger partial charge in [-0.2, -0.15) is 0 Å². The van der Waals surface area contributed by atoms with Gasteiger partial charge >= 0.3 is 0 Å². The Hall–Kier alpha value is -1.46. The standard InChI is InChI=1S/C13H12BrFN2O/c1-8(16)9-2-5-13(17-7-9)18-12-6-10(14)3-4-11(12)15/h2-8H,16H2,1H3/t8-/m0/s1. The summed E-state index contributed by atoms with van der Waals surface area (Å²) in [7, 11) is 0. The predicted octanol–water partition coefficient (Wildman–Crippen LogP) is 3.80. The van der Waals surface area contributed by atoms with Crippen LogP contribution in [0.3, 0.4) is 0 Å². The van der Waals surface area contributed by atoms with Crippen molar-refractivity contribution >= 4 is 15.9 Å². The molecular formula is C13H12BrFN2O. The third-order valence-electron chi connectivity index (χ3n) is 2.39. The Morgan fingerprint density at radius 3 is 2.72 bits per heavy atom. The fourth-order valence-corrected chi connectivity index (χ4v) is 1.73. The number of nitrogens with zero attached hydrogens (tertiary/aromatic N) is 1. The minimum Gasteiger partial charge on any atom is -0.436 e. The molecule has 0 spiro atoms. The number of ether oxygens (including phenoxy) is 1. The van der Waals surface area contributed by atoms with Crippen molar-refractivity contribution in [2.45, 2.75) is 13.0 Å². The molecule has 0 radical (unpaired) electrons. The van der Waals surface area contributed by atoms with Crippen LogP contribution in [0.4, 0.5) is 4.39 Å². The Balaban J connectivity index is 2.21. The summed E-state index contributed by atoms with van der Waals surface area (Å²) in [5.74, 6) is 0.0260. The van der Waals surface area contributed by atoms with Crippen LogP contribution in [-0.4, -0.2) is 4.98 Å². The van der Waals surface area contributed by atoms with Gasteiger partial charge in [-0.05, 0) is 30.7 Å². The molecule has 0 fully saturated rings. The first-order valence-electron chi connectivity index (χ1n) is 5.40. The Labute approximate surface area is 113 Å². The first-order chi connectivity index (χ1) is 8.56. The van der Waals surface area contributed by atoms with E-state index >= 15 is 0 Å². The molecule has 1 heterocycles. The first-order valence-corrected chi connectivity index (χ1v) is 6.20. The molecule has 5 heteroatoms. The van der Waals surface area contributed by atoms with Gasteiger partial charge in [0.15, 0.2) is 11.6 Å². The molecule has 0 aliphatic carbocycles. The zero-order chi connectivity index (χ0) is 13.1. The molecule has 0 bridgehead atoms. The van der Waals surface area contributed by atoms with E-state index in [0.29, 0.717) is 5.88 Å². The molecule has 94 valence electrons. The average Bonchev–Trinajstić information content (AvgIpc) is 2.34. The highest BCUT2D eigenvalue weighted by Gasteiger charge is 2.07. The van der Waals surface area contributed by atoms with Crippen molar-refractivity contribution < 1.29 is 9.13 Å². The maximum Gasteiger partial charge on any atom is 0.219 e. The van der Waals surface area contributed by atoms with Gasteiger partial charge in [-0.1, -0.05) is 22.0 Å². The van der Waals surface area contributed by atoms with Crippen molar-refractivity contribution in [3.63, 3.8) is 0 Å². The van der Waals surface area contributed by atoms with Gasteiger partial charge < -0.3 is 10.5 Å². The van der Waals surface area contributed by atoms with E-state index in [1.807, 2.05) is 13.0 Å². The van der Waals surface area contributed by atoms with Crippen molar-refractivity contribution in [3.8, 4) is 11.6 Å². The first kappa shape index (κ1) is 13.0. The van der Waals surface area contributed by atoms with E-state index in [0.717, 1.165) is 10.0 Å². The fraction of sp³-hybridized carbons (Fsp3) is 0.154. The quantitative estimate of drug-likeness (QED) is 0.938. The maximum absolute atomic E-state index is 13.5. The fourth-order valence-electron chi connectivity index (χ4n) is 1.39. The van der Waals surface area contributed by atoms with Crippen LogP contribution in [0.5, 0.6) is 11.6 Å². The average molecular weight is 311 g/mol. The molecule has 0 unspecified atom stereocenters. The second-order valence-electron chi connectivity index (χ2n) is 3.90. The Kier molecular flexibility index (Phi) is 3.93. The van der Waals surface area contributed by atoms with Crippen LogP contribution in [0.25, 0.3) is 0 Å². The van der Waals surface area contributed by atoms with Gasteiger partial charge in [0.25, 0.3) is 0 Å². The number of hydrogen-bond donors (Lipinski definition) is 1. The van der Waals surface area contributed by atoms with Gasteiger partial charge in [-0.3, -0.25) is 0 Å². The highest BCUT2D eigenvalue weighted by molar-refractivity contribution is 9.10. The number of hydrogen-bond acceptors (Lipinski definition) is 3. The number of pyridine rings is 1. The summed E-state index contributed by atoms with van der Waals surface area (Å²) >= 11 is 3.26. The molecule has 1 atom stereocenters. The van der Waals surface area contributed by atoms with Gasteiger partial charge in [0.2, 0.25) is 5.88 Å². The molecule has 2 aromatic rings. The van der Waals surface area contributed by atoms with Crippen LogP contribution in [0.1, 0.15) is 18.5 Å². The minimum atomic E-state index is -0.434. The van der Waals surface area contributed by atoms with Crippen LogP contribution in [0.2, 0.25) is 0 Å². The zero-order valence-electron chi connectivity index (χ0n) is 9.73. The predicted molar refractivity (Wildman–Crippen MR) is 71.0 cm³/mol.